The number of carbonyl (C=O) groups is 1. The van der Waals surface area contributed by atoms with Crippen LogP contribution in [0.15, 0.2) is 27.1 Å². The second-order valence-corrected chi connectivity index (χ2v) is 5.22. The van der Waals surface area contributed by atoms with Gasteiger partial charge in [-0.3, -0.25) is 5.32 Å². The molecule has 7 nitrogen and oxygen atoms in total. The summed E-state index contributed by atoms with van der Waals surface area (Å²) in [4.78, 5) is 11.6. The molecule has 10 heteroatoms. The molecule has 0 fully saturated rings. The topological polar surface area (TPSA) is 101 Å². The Kier molecular flexibility index (Phi) is 4.88. The van der Waals surface area contributed by atoms with Gasteiger partial charge in [-0.25, -0.2) is 4.79 Å². The number of nitrogens with zero attached hydrogens (tertiary/aromatic N) is 1. The maximum Gasteiger partial charge on any atom is 0.424 e. The van der Waals surface area contributed by atoms with E-state index in [-0.39, 0.29) is 11.6 Å². The Bertz CT molecular complexity index is 710. The van der Waals surface area contributed by atoms with Crippen LogP contribution >= 0.6 is 0 Å². The van der Waals surface area contributed by atoms with Gasteiger partial charge < -0.3 is 19.4 Å². The number of alkyl halides is 3. The van der Waals surface area contributed by atoms with Gasteiger partial charge in [0.05, 0.1) is 0 Å². The number of nitrogens with one attached hydrogen (secondary N) is 2. The van der Waals surface area contributed by atoms with E-state index in [1.807, 2.05) is 0 Å². The van der Waals surface area contributed by atoms with E-state index in [9.17, 15) is 23.1 Å². The standard InChI is InChI=1S/C14H16F3N3O4/c1-8-3-4-10(23-8)13(22,14(15,16)17)5-6-18-12(21)19-11-7-9(2)24-20-11/h3-4,7,22H,5-6H2,1-2H3,(H2,18,19,20,21)/t13-/m1/s1. The zero-order valence-electron chi connectivity index (χ0n) is 12.9. The number of carbonyl (C=O) groups excluding carboxylic acids is 1. The average molecular weight is 347 g/mol. The molecule has 0 spiro atoms. The van der Waals surface area contributed by atoms with Crippen LogP contribution in [0.2, 0.25) is 0 Å². The first-order chi connectivity index (χ1) is 11.1. The van der Waals surface area contributed by atoms with Crippen LogP contribution in [0.25, 0.3) is 0 Å². The van der Waals surface area contributed by atoms with Gasteiger partial charge in [0.2, 0.25) is 5.60 Å². The number of aromatic nitrogens is 1. The summed E-state index contributed by atoms with van der Waals surface area (Å²) in [6.45, 7) is 2.63. The van der Waals surface area contributed by atoms with Crippen LogP contribution in [-0.4, -0.2) is 29.0 Å². The fraction of sp³-hybridized carbons (Fsp3) is 0.429. The number of rotatable bonds is 5. The molecule has 0 unspecified atom stereocenters. The van der Waals surface area contributed by atoms with Gasteiger partial charge in [-0.2, -0.15) is 13.2 Å². The molecule has 132 valence electrons. The van der Waals surface area contributed by atoms with Crippen LogP contribution in [0.3, 0.4) is 0 Å². The Morgan fingerprint density at radius 2 is 2.00 bits per heavy atom. The summed E-state index contributed by atoms with van der Waals surface area (Å²) in [7, 11) is 0. The normalized spacial score (nSPS) is 14.2. The summed E-state index contributed by atoms with van der Waals surface area (Å²) in [6, 6.07) is 3.04. The number of hydrogen-bond donors (Lipinski definition) is 3. The third-order valence-corrected chi connectivity index (χ3v) is 3.26. The number of halogens is 3. The van der Waals surface area contributed by atoms with Crippen LogP contribution in [0.5, 0.6) is 0 Å². The van der Waals surface area contributed by atoms with Crippen LogP contribution in [0.4, 0.5) is 23.8 Å². The summed E-state index contributed by atoms with van der Waals surface area (Å²) >= 11 is 0. The van der Waals surface area contributed by atoms with Crippen LogP contribution < -0.4 is 10.6 Å². The van der Waals surface area contributed by atoms with E-state index in [4.69, 9.17) is 8.94 Å². The highest BCUT2D eigenvalue weighted by Gasteiger charge is 2.56. The maximum absolute atomic E-state index is 13.2. The van der Waals surface area contributed by atoms with Crippen molar-refractivity contribution < 1.29 is 32.0 Å². The smallest absolute Gasteiger partial charge is 0.424 e. The van der Waals surface area contributed by atoms with Crippen molar-refractivity contribution in [3.05, 3.63) is 35.5 Å². The average Bonchev–Trinajstić information content (AvgIpc) is 3.06. The predicted octanol–water partition coefficient (Wildman–Crippen LogP) is 2.85. The molecule has 2 aromatic rings. The van der Waals surface area contributed by atoms with Gasteiger partial charge >= 0.3 is 12.2 Å². The van der Waals surface area contributed by atoms with Crippen LogP contribution in [0.1, 0.15) is 23.7 Å². The lowest BCUT2D eigenvalue weighted by Crippen LogP contribution is -2.45. The molecule has 3 N–H and O–H groups in total. The van der Waals surface area contributed by atoms with Crippen molar-refractivity contribution in [2.24, 2.45) is 0 Å². The molecular weight excluding hydrogens is 331 g/mol. The van der Waals surface area contributed by atoms with Crippen LogP contribution in [-0.2, 0) is 5.60 Å². The molecule has 2 heterocycles. The first-order valence-electron chi connectivity index (χ1n) is 6.96. The van der Waals surface area contributed by atoms with Crippen molar-refractivity contribution in [2.45, 2.75) is 32.0 Å². The minimum atomic E-state index is -4.96. The first kappa shape index (κ1) is 17.9. The molecule has 2 rings (SSSR count). The van der Waals surface area contributed by atoms with Gasteiger partial charge in [-0.1, -0.05) is 5.16 Å². The Hall–Kier alpha value is -2.49. The number of amides is 2. The predicted molar refractivity (Wildman–Crippen MR) is 76.3 cm³/mol. The summed E-state index contributed by atoms with van der Waals surface area (Å²) in [5.41, 5.74) is -3.20. The summed E-state index contributed by atoms with van der Waals surface area (Å²) in [5.74, 6) is 0.198. The number of anilines is 1. The van der Waals surface area contributed by atoms with E-state index in [1.165, 1.54) is 19.1 Å². The highest BCUT2D eigenvalue weighted by Crippen LogP contribution is 2.41. The molecule has 2 amide bonds. The third kappa shape index (κ3) is 3.88. The van der Waals surface area contributed by atoms with E-state index in [0.29, 0.717) is 5.76 Å². The molecule has 0 bridgehead atoms. The van der Waals surface area contributed by atoms with Gasteiger partial charge in [0.15, 0.2) is 5.82 Å². The van der Waals surface area contributed by atoms with Crippen molar-refractivity contribution in [3.63, 3.8) is 0 Å². The van der Waals surface area contributed by atoms with Gasteiger partial charge in [0.1, 0.15) is 17.3 Å². The van der Waals surface area contributed by atoms with Gasteiger partial charge in [-0.15, -0.1) is 0 Å². The van der Waals surface area contributed by atoms with E-state index in [2.05, 4.69) is 15.8 Å². The first-order valence-corrected chi connectivity index (χ1v) is 6.96. The van der Waals surface area contributed by atoms with Crippen molar-refractivity contribution in [3.8, 4) is 0 Å². The summed E-state index contributed by atoms with van der Waals surface area (Å²) in [5, 5.41) is 18.0. The molecule has 0 aliphatic rings. The van der Waals surface area contributed by atoms with E-state index in [1.54, 1.807) is 6.92 Å². The highest BCUT2D eigenvalue weighted by atomic mass is 19.4. The second-order valence-electron chi connectivity index (χ2n) is 5.22. The maximum atomic E-state index is 13.2. The molecule has 0 aromatic carbocycles. The molecule has 24 heavy (non-hydrogen) atoms. The Balaban J connectivity index is 1.97. The molecule has 0 saturated heterocycles. The molecule has 2 aromatic heterocycles. The monoisotopic (exact) mass is 347 g/mol. The molecule has 0 radical (unpaired) electrons. The lowest BCUT2D eigenvalue weighted by Gasteiger charge is -2.28. The highest BCUT2D eigenvalue weighted by molar-refractivity contribution is 5.88. The summed E-state index contributed by atoms with van der Waals surface area (Å²) in [6.07, 6.45) is -5.77. The van der Waals surface area contributed by atoms with Gasteiger partial charge in [0.25, 0.3) is 0 Å². The second kappa shape index (κ2) is 6.56. The lowest BCUT2D eigenvalue weighted by molar-refractivity contribution is -0.274. The number of urea groups is 1. The number of hydrogen-bond acceptors (Lipinski definition) is 5. The minimum Gasteiger partial charge on any atom is -0.463 e. The Morgan fingerprint density at radius 3 is 2.50 bits per heavy atom. The zero-order chi connectivity index (χ0) is 18.0. The van der Waals surface area contributed by atoms with Crippen molar-refractivity contribution in [2.75, 3.05) is 11.9 Å². The van der Waals surface area contributed by atoms with Crippen molar-refractivity contribution in [1.82, 2.24) is 10.5 Å². The number of aryl methyl sites for hydroxylation is 2. The van der Waals surface area contributed by atoms with Gasteiger partial charge in [0, 0.05) is 19.0 Å². The SMILES string of the molecule is Cc1cc(NC(=O)NCC[C@@](O)(c2ccc(C)o2)C(F)(F)F)no1. The van der Waals surface area contributed by atoms with Gasteiger partial charge in [-0.05, 0) is 26.0 Å². The van der Waals surface area contributed by atoms with Crippen molar-refractivity contribution in [1.29, 1.82) is 0 Å². The molecule has 0 saturated carbocycles. The Morgan fingerprint density at radius 1 is 1.29 bits per heavy atom. The molecular formula is C14H16F3N3O4. The number of aliphatic hydroxyl groups is 1. The van der Waals surface area contributed by atoms with Crippen molar-refractivity contribution >= 4 is 11.8 Å². The van der Waals surface area contributed by atoms with E-state index in [0.717, 1.165) is 6.07 Å². The summed E-state index contributed by atoms with van der Waals surface area (Å²) < 4.78 is 49.3. The lowest BCUT2D eigenvalue weighted by atomic mass is 9.96. The number of furan rings is 1. The quantitative estimate of drug-likeness (QED) is 0.772. The van der Waals surface area contributed by atoms with E-state index < -0.39 is 36.5 Å². The molecule has 0 aliphatic heterocycles. The van der Waals surface area contributed by atoms with Crippen LogP contribution in [0, 0.1) is 13.8 Å². The minimum absolute atomic E-state index is 0.123. The Labute approximate surface area is 134 Å². The fourth-order valence-electron chi connectivity index (χ4n) is 2.00. The molecule has 0 aliphatic carbocycles. The molecule has 1 atom stereocenters. The van der Waals surface area contributed by atoms with E-state index >= 15 is 0 Å². The zero-order valence-corrected chi connectivity index (χ0v) is 12.9. The third-order valence-electron chi connectivity index (χ3n) is 3.26. The fourth-order valence-corrected chi connectivity index (χ4v) is 2.00. The largest absolute Gasteiger partial charge is 0.463 e.